The molecular formula is C18H16O4S. The molecule has 4 nitrogen and oxygen atoms in total. The van der Waals surface area contributed by atoms with Gasteiger partial charge in [-0.05, 0) is 54.3 Å². The summed E-state index contributed by atoms with van der Waals surface area (Å²) >= 11 is 0. The molecule has 1 atom stereocenters. The Morgan fingerprint density at radius 1 is 1.09 bits per heavy atom. The highest BCUT2D eigenvalue weighted by Gasteiger charge is 2.32. The number of fused-ring (bicyclic) bond motifs is 2. The minimum atomic E-state index is -3.49. The molecule has 1 aliphatic carbocycles. The molecule has 3 aliphatic heterocycles. The van der Waals surface area contributed by atoms with Gasteiger partial charge in [0.1, 0.15) is 12.4 Å². The first-order valence-electron chi connectivity index (χ1n) is 7.64. The molecule has 2 aromatic rings. The first-order chi connectivity index (χ1) is 11.0. The second kappa shape index (κ2) is 5.20. The van der Waals surface area contributed by atoms with Gasteiger partial charge in [0.25, 0.3) is 0 Å². The molecule has 0 saturated carbocycles. The van der Waals surface area contributed by atoms with Crippen LogP contribution in [-0.2, 0) is 22.9 Å². The first kappa shape index (κ1) is 14.5. The maximum Gasteiger partial charge on any atom is 0.179 e. The molecule has 4 aliphatic rings. The van der Waals surface area contributed by atoms with Gasteiger partial charge in [0.05, 0.1) is 10.6 Å². The lowest BCUT2D eigenvalue weighted by Gasteiger charge is -2.23. The van der Waals surface area contributed by atoms with Crippen molar-refractivity contribution in [2.45, 2.75) is 24.3 Å². The van der Waals surface area contributed by atoms with Crippen LogP contribution in [0.25, 0.3) is 0 Å². The van der Waals surface area contributed by atoms with Crippen LogP contribution >= 0.6 is 0 Å². The number of sulfone groups is 1. The highest BCUT2D eigenvalue weighted by Crippen LogP contribution is 2.31. The lowest BCUT2D eigenvalue weighted by atomic mass is 9.83. The molecule has 23 heavy (non-hydrogen) atoms. The molecule has 0 fully saturated rings. The molecule has 1 unspecified atom stereocenters. The molecule has 118 valence electrons. The zero-order chi connectivity index (χ0) is 16.0. The van der Waals surface area contributed by atoms with Crippen LogP contribution in [0, 0.1) is 5.92 Å². The third-order valence-electron chi connectivity index (χ3n) is 4.56. The molecule has 3 heterocycles. The second-order valence-electron chi connectivity index (χ2n) is 6.14. The Bertz CT molecular complexity index is 899. The Hall–Kier alpha value is -2.14. The van der Waals surface area contributed by atoms with E-state index in [9.17, 15) is 13.2 Å². The summed E-state index contributed by atoms with van der Waals surface area (Å²) in [6.07, 6.45) is 1.27. The van der Waals surface area contributed by atoms with Crippen LogP contribution in [0.1, 0.15) is 27.9 Å². The highest BCUT2D eigenvalue weighted by molar-refractivity contribution is 7.91. The predicted octanol–water partition coefficient (Wildman–Crippen LogP) is 2.80. The molecule has 0 spiro atoms. The number of carbonyl (C=O) groups excluding carboxylic acids is 1. The van der Waals surface area contributed by atoms with Gasteiger partial charge in [-0.3, -0.25) is 4.79 Å². The lowest BCUT2D eigenvalue weighted by molar-refractivity contribution is 0.0915. The van der Waals surface area contributed by atoms with Crippen LogP contribution in [-0.4, -0.2) is 20.0 Å². The van der Waals surface area contributed by atoms with E-state index in [1.165, 1.54) is 0 Å². The number of hydrogen-bond acceptors (Lipinski definition) is 4. The summed E-state index contributed by atoms with van der Waals surface area (Å²) < 4.78 is 31.1. The number of benzene rings is 2. The van der Waals surface area contributed by atoms with E-state index in [-0.39, 0.29) is 16.4 Å². The molecule has 0 N–H and O–H groups in total. The van der Waals surface area contributed by atoms with Crippen molar-refractivity contribution in [3.05, 3.63) is 59.2 Å². The van der Waals surface area contributed by atoms with Gasteiger partial charge in [0.2, 0.25) is 0 Å². The predicted molar refractivity (Wildman–Crippen MR) is 85.4 cm³/mol. The van der Waals surface area contributed by atoms with Gasteiger partial charge in [-0.15, -0.1) is 0 Å². The van der Waals surface area contributed by atoms with Gasteiger partial charge in [0.15, 0.2) is 15.6 Å². The van der Waals surface area contributed by atoms with Crippen molar-refractivity contribution in [1.29, 1.82) is 0 Å². The van der Waals surface area contributed by atoms with Crippen molar-refractivity contribution in [1.82, 2.24) is 0 Å². The van der Waals surface area contributed by atoms with Gasteiger partial charge in [-0.1, -0.05) is 12.1 Å². The number of aryl methyl sites for hydroxylation is 1. The highest BCUT2D eigenvalue weighted by atomic mass is 32.2. The van der Waals surface area contributed by atoms with E-state index in [1.807, 2.05) is 12.1 Å². The number of hydrogen-bond donors (Lipinski definition) is 0. The lowest BCUT2D eigenvalue weighted by Crippen LogP contribution is -2.29. The first-order valence-corrected chi connectivity index (χ1v) is 9.30. The molecule has 0 radical (unpaired) electrons. The summed E-state index contributed by atoms with van der Waals surface area (Å²) in [5.74, 6) is 0.0418. The zero-order valence-corrected chi connectivity index (χ0v) is 13.3. The number of rotatable bonds is 0. The second-order valence-corrected chi connectivity index (χ2v) is 8.17. The normalized spacial score (nSPS) is 21.9. The van der Waals surface area contributed by atoms with Crippen molar-refractivity contribution in [3.63, 3.8) is 0 Å². The maximum atomic E-state index is 12.7. The molecular weight excluding hydrogens is 312 g/mol. The van der Waals surface area contributed by atoms with E-state index in [0.29, 0.717) is 30.8 Å². The largest absolute Gasteiger partial charge is 0.489 e. The van der Waals surface area contributed by atoms with Gasteiger partial charge < -0.3 is 4.74 Å². The smallest absolute Gasteiger partial charge is 0.179 e. The molecule has 0 amide bonds. The van der Waals surface area contributed by atoms with Crippen LogP contribution in [0.3, 0.4) is 0 Å². The van der Waals surface area contributed by atoms with Crippen LogP contribution < -0.4 is 4.74 Å². The number of carbonyl (C=O) groups is 1. The summed E-state index contributed by atoms with van der Waals surface area (Å²) in [7, 11) is -3.49. The number of ketones is 1. The van der Waals surface area contributed by atoms with E-state index < -0.39 is 15.8 Å². The fourth-order valence-electron chi connectivity index (χ4n) is 3.30. The van der Waals surface area contributed by atoms with Crippen LogP contribution in [0.4, 0.5) is 0 Å². The van der Waals surface area contributed by atoms with Crippen molar-refractivity contribution in [2.75, 3.05) is 5.75 Å². The summed E-state index contributed by atoms with van der Waals surface area (Å²) in [6.45, 7) is 0.305. The molecule has 2 aromatic carbocycles. The third-order valence-corrected chi connectivity index (χ3v) is 6.37. The standard InChI is InChI=1S/C18H16O4S/c19-18-14-5-4-13-9-15(6-7-17(13)18)22-10-12-2-1-3-16(8-12)23(20,21)11-14/h1-3,6-9,14H,4-5,10-11H2. The fraction of sp³-hybridized carbons (Fsp3) is 0.278. The van der Waals surface area contributed by atoms with E-state index >= 15 is 0 Å². The summed E-state index contributed by atoms with van der Waals surface area (Å²) in [6, 6.07) is 12.2. The Kier molecular flexibility index (Phi) is 3.27. The Morgan fingerprint density at radius 2 is 1.96 bits per heavy atom. The third kappa shape index (κ3) is 2.55. The van der Waals surface area contributed by atoms with Crippen molar-refractivity contribution in [3.8, 4) is 5.75 Å². The van der Waals surface area contributed by atoms with E-state index in [1.54, 1.807) is 30.3 Å². The monoisotopic (exact) mass is 328 g/mol. The van der Waals surface area contributed by atoms with Crippen LogP contribution in [0.2, 0.25) is 0 Å². The summed E-state index contributed by atoms with van der Waals surface area (Å²) in [5, 5.41) is 0. The molecule has 0 aromatic heterocycles. The number of ether oxygens (including phenoxy) is 1. The van der Waals surface area contributed by atoms with E-state index in [2.05, 4.69) is 0 Å². The fourth-order valence-corrected chi connectivity index (χ4v) is 4.96. The number of Topliss-reactive ketones (excluding diaryl/α,β-unsaturated/α-hetero) is 1. The van der Waals surface area contributed by atoms with Crippen molar-refractivity contribution >= 4 is 15.6 Å². The average molecular weight is 328 g/mol. The molecule has 6 bridgehead atoms. The van der Waals surface area contributed by atoms with Crippen LogP contribution in [0.15, 0.2) is 47.4 Å². The average Bonchev–Trinajstić information content (AvgIpc) is 2.56. The molecule has 6 rings (SSSR count). The topological polar surface area (TPSA) is 60.4 Å². The van der Waals surface area contributed by atoms with Gasteiger partial charge >= 0.3 is 0 Å². The minimum Gasteiger partial charge on any atom is -0.489 e. The van der Waals surface area contributed by atoms with Gasteiger partial charge in [-0.2, -0.15) is 0 Å². The molecule has 0 saturated heterocycles. The SMILES string of the molecule is O=C1c2ccc3cc2CCC1CS(=O)(=O)c1cccc(c1)CO3. The minimum absolute atomic E-state index is 0.0724. The zero-order valence-electron chi connectivity index (χ0n) is 12.5. The quantitative estimate of drug-likeness (QED) is 0.746. The van der Waals surface area contributed by atoms with E-state index in [0.717, 1.165) is 11.1 Å². The Morgan fingerprint density at radius 3 is 2.83 bits per heavy atom. The van der Waals surface area contributed by atoms with Crippen LogP contribution in [0.5, 0.6) is 5.75 Å². The maximum absolute atomic E-state index is 12.7. The van der Waals surface area contributed by atoms with Crippen molar-refractivity contribution < 1.29 is 17.9 Å². The van der Waals surface area contributed by atoms with Gasteiger partial charge in [0, 0.05) is 11.5 Å². The Labute approximate surface area is 135 Å². The summed E-state index contributed by atoms with van der Waals surface area (Å²) in [4.78, 5) is 12.9. The summed E-state index contributed by atoms with van der Waals surface area (Å²) in [5.41, 5.74) is 2.39. The van der Waals surface area contributed by atoms with E-state index in [4.69, 9.17) is 4.74 Å². The molecule has 5 heteroatoms. The van der Waals surface area contributed by atoms with Gasteiger partial charge in [-0.25, -0.2) is 8.42 Å². The Balaban J connectivity index is 1.87. The van der Waals surface area contributed by atoms with Crippen molar-refractivity contribution in [2.24, 2.45) is 5.92 Å².